The molecule has 8 nitrogen and oxygen atoms in total. The number of aryl methyl sites for hydroxylation is 2. The van der Waals surface area contributed by atoms with Crippen molar-refractivity contribution < 1.29 is 9.18 Å². The van der Waals surface area contributed by atoms with E-state index in [2.05, 4.69) is 27.4 Å². The van der Waals surface area contributed by atoms with E-state index in [4.69, 9.17) is 5.10 Å². The Morgan fingerprint density at radius 1 is 1.21 bits per heavy atom. The monoisotopic (exact) mass is 449 g/mol. The van der Waals surface area contributed by atoms with Gasteiger partial charge >= 0.3 is 0 Å². The molecule has 0 unspecified atom stereocenters. The van der Waals surface area contributed by atoms with E-state index < -0.39 is 5.82 Å². The van der Waals surface area contributed by atoms with Crippen LogP contribution in [0.15, 0.2) is 36.8 Å². The molecule has 9 heteroatoms. The zero-order valence-corrected chi connectivity index (χ0v) is 18.9. The van der Waals surface area contributed by atoms with Gasteiger partial charge < -0.3 is 19.9 Å². The molecule has 1 aliphatic heterocycles. The number of piperazine rings is 1. The molecule has 4 aromatic rings. The van der Waals surface area contributed by atoms with Crippen molar-refractivity contribution in [3.63, 3.8) is 0 Å². The van der Waals surface area contributed by atoms with Crippen LogP contribution in [-0.4, -0.2) is 51.3 Å². The maximum Gasteiger partial charge on any atom is 0.257 e. The molecule has 1 aliphatic rings. The number of imidazole rings is 1. The van der Waals surface area contributed by atoms with E-state index in [0.717, 1.165) is 56.6 Å². The first-order valence-corrected chi connectivity index (χ1v) is 11.5. The highest BCUT2D eigenvalue weighted by Crippen LogP contribution is 2.30. The molecule has 0 saturated carbocycles. The number of pyridine rings is 1. The summed E-state index contributed by atoms with van der Waals surface area (Å²) < 4.78 is 18.0. The molecule has 4 heterocycles. The number of carbonyl (C=O) groups excluding carboxylic acids is 1. The minimum Gasteiger partial charge on any atom is -0.368 e. The minimum atomic E-state index is -0.482. The Kier molecular flexibility index (Phi) is 5.72. The molecule has 1 amide bonds. The largest absolute Gasteiger partial charge is 0.368 e. The Bertz CT molecular complexity index is 1320. The van der Waals surface area contributed by atoms with Gasteiger partial charge in [-0.15, -0.1) is 0 Å². The third-order valence-electron chi connectivity index (χ3n) is 6.03. The normalized spacial score (nSPS) is 14.3. The summed E-state index contributed by atoms with van der Waals surface area (Å²) in [6.07, 6.45) is 7.52. The highest BCUT2D eigenvalue weighted by molar-refractivity contribution is 6.13. The maximum absolute atomic E-state index is 14.5. The summed E-state index contributed by atoms with van der Waals surface area (Å²) in [6.45, 7) is 8.41. The van der Waals surface area contributed by atoms with Gasteiger partial charge in [0.2, 0.25) is 0 Å². The fourth-order valence-electron chi connectivity index (χ4n) is 4.38. The first-order chi connectivity index (χ1) is 16.0. The van der Waals surface area contributed by atoms with Gasteiger partial charge in [-0.3, -0.25) is 9.48 Å². The third-order valence-corrected chi connectivity index (χ3v) is 6.03. The number of carbonyl (C=O) groups is 1. The first kappa shape index (κ1) is 21.4. The Balaban J connectivity index is 1.51. The molecule has 0 radical (unpaired) electrons. The van der Waals surface area contributed by atoms with Crippen molar-refractivity contribution in [3.05, 3.63) is 53.9 Å². The lowest BCUT2D eigenvalue weighted by Crippen LogP contribution is -2.43. The molecule has 0 bridgehead atoms. The standard InChI is InChI=1S/C24H28FN7O/c1-3-4-9-32-15-19-21(30-10-7-26-8-11-30)6-5-18(22(19)29-32)24(33)28-17-12-20(25)23-27-16(2)13-31(23)14-17/h5-6,12-15,26H,3-4,7-11H2,1-2H3,(H,28,33). The zero-order valence-electron chi connectivity index (χ0n) is 18.9. The van der Waals surface area contributed by atoms with Crippen LogP contribution in [0, 0.1) is 12.7 Å². The van der Waals surface area contributed by atoms with Gasteiger partial charge in [0.05, 0.1) is 16.9 Å². The molecule has 2 N–H and O–H groups in total. The molecule has 0 spiro atoms. The fourth-order valence-corrected chi connectivity index (χ4v) is 4.38. The number of fused-ring (bicyclic) bond motifs is 2. The summed E-state index contributed by atoms with van der Waals surface area (Å²) in [5.41, 5.74) is 3.54. The fraction of sp³-hybridized carbons (Fsp3) is 0.375. The van der Waals surface area contributed by atoms with Crippen LogP contribution in [0.3, 0.4) is 0 Å². The molecular formula is C24H28FN7O. The van der Waals surface area contributed by atoms with E-state index in [0.29, 0.717) is 22.5 Å². The Labute approximate surface area is 191 Å². The molecule has 0 atom stereocenters. The maximum atomic E-state index is 14.5. The average Bonchev–Trinajstić information content (AvgIpc) is 3.40. The molecular weight excluding hydrogens is 421 g/mol. The first-order valence-electron chi connectivity index (χ1n) is 11.5. The van der Waals surface area contributed by atoms with Crippen LogP contribution >= 0.6 is 0 Å². The SMILES string of the molecule is CCCCn1cc2c(N3CCNCC3)ccc(C(=O)Nc3cc(F)c4nc(C)cn4c3)c2n1. The van der Waals surface area contributed by atoms with E-state index in [1.54, 1.807) is 23.7 Å². The van der Waals surface area contributed by atoms with E-state index in [-0.39, 0.29) is 11.6 Å². The molecule has 1 aromatic carbocycles. The van der Waals surface area contributed by atoms with Gasteiger partial charge in [0.15, 0.2) is 11.5 Å². The van der Waals surface area contributed by atoms with E-state index in [1.165, 1.54) is 6.07 Å². The predicted octanol–water partition coefficient (Wildman–Crippen LogP) is 3.59. The summed E-state index contributed by atoms with van der Waals surface area (Å²) in [7, 11) is 0. The number of hydrogen-bond acceptors (Lipinski definition) is 5. The van der Waals surface area contributed by atoms with Crippen LogP contribution in [0.25, 0.3) is 16.6 Å². The number of unbranched alkanes of at least 4 members (excludes halogenated alkanes) is 1. The Morgan fingerprint density at radius 3 is 2.82 bits per heavy atom. The predicted molar refractivity (Wildman–Crippen MR) is 128 cm³/mol. The second-order valence-corrected chi connectivity index (χ2v) is 8.52. The van der Waals surface area contributed by atoms with E-state index in [9.17, 15) is 9.18 Å². The van der Waals surface area contributed by atoms with Gasteiger partial charge in [0.1, 0.15) is 5.52 Å². The van der Waals surface area contributed by atoms with Gasteiger partial charge in [0, 0.05) is 68.5 Å². The van der Waals surface area contributed by atoms with Crippen molar-refractivity contribution in [1.82, 2.24) is 24.5 Å². The van der Waals surface area contributed by atoms with Crippen molar-refractivity contribution in [3.8, 4) is 0 Å². The van der Waals surface area contributed by atoms with Crippen molar-refractivity contribution >= 4 is 33.8 Å². The third kappa shape index (κ3) is 4.16. The highest BCUT2D eigenvalue weighted by atomic mass is 19.1. The number of rotatable bonds is 6. The van der Waals surface area contributed by atoms with Crippen molar-refractivity contribution in [1.29, 1.82) is 0 Å². The van der Waals surface area contributed by atoms with Gasteiger partial charge in [0.25, 0.3) is 5.91 Å². The van der Waals surface area contributed by atoms with Gasteiger partial charge in [-0.25, -0.2) is 9.37 Å². The number of aromatic nitrogens is 4. The molecule has 172 valence electrons. The average molecular weight is 450 g/mol. The van der Waals surface area contributed by atoms with Gasteiger partial charge in [-0.05, 0) is 25.5 Å². The lowest BCUT2D eigenvalue weighted by molar-refractivity contribution is 0.102. The van der Waals surface area contributed by atoms with Crippen LogP contribution in [0.5, 0.6) is 0 Å². The molecule has 1 saturated heterocycles. The van der Waals surface area contributed by atoms with Crippen LogP contribution in [0.2, 0.25) is 0 Å². The smallest absolute Gasteiger partial charge is 0.257 e. The van der Waals surface area contributed by atoms with E-state index >= 15 is 0 Å². The summed E-state index contributed by atoms with van der Waals surface area (Å²) in [5.74, 6) is -0.799. The molecule has 0 aliphatic carbocycles. The molecule has 33 heavy (non-hydrogen) atoms. The minimum absolute atomic E-state index is 0.239. The summed E-state index contributed by atoms with van der Waals surface area (Å²) >= 11 is 0. The molecule has 1 fully saturated rings. The number of amides is 1. The van der Waals surface area contributed by atoms with Crippen LogP contribution in [-0.2, 0) is 6.54 Å². The van der Waals surface area contributed by atoms with Gasteiger partial charge in [-0.2, -0.15) is 5.10 Å². The number of halogens is 1. The number of hydrogen-bond donors (Lipinski definition) is 2. The number of nitrogens with one attached hydrogen (secondary N) is 2. The highest BCUT2D eigenvalue weighted by Gasteiger charge is 2.21. The summed E-state index contributed by atoms with van der Waals surface area (Å²) in [5, 5.41) is 11.9. The van der Waals surface area contributed by atoms with Crippen LogP contribution in [0.4, 0.5) is 15.8 Å². The van der Waals surface area contributed by atoms with E-state index in [1.807, 2.05) is 23.0 Å². The second-order valence-electron chi connectivity index (χ2n) is 8.52. The van der Waals surface area contributed by atoms with Crippen LogP contribution < -0.4 is 15.5 Å². The van der Waals surface area contributed by atoms with Gasteiger partial charge in [-0.1, -0.05) is 13.3 Å². The lowest BCUT2D eigenvalue weighted by Gasteiger charge is -2.30. The van der Waals surface area contributed by atoms with Crippen molar-refractivity contribution in [2.24, 2.45) is 0 Å². The molecule has 3 aromatic heterocycles. The zero-order chi connectivity index (χ0) is 22.9. The lowest BCUT2D eigenvalue weighted by atomic mass is 10.1. The second kappa shape index (κ2) is 8.82. The van der Waals surface area contributed by atoms with Crippen molar-refractivity contribution in [2.45, 2.75) is 33.2 Å². The quantitative estimate of drug-likeness (QED) is 0.470. The number of anilines is 2. The summed E-state index contributed by atoms with van der Waals surface area (Å²) in [6, 6.07) is 5.12. The van der Waals surface area contributed by atoms with Crippen LogP contribution in [0.1, 0.15) is 35.8 Å². The topological polar surface area (TPSA) is 79.5 Å². The molecule has 5 rings (SSSR count). The Hall–Kier alpha value is -3.46. The number of benzene rings is 1. The number of nitrogens with zero attached hydrogens (tertiary/aromatic N) is 5. The summed E-state index contributed by atoms with van der Waals surface area (Å²) in [4.78, 5) is 19.8. The van der Waals surface area contributed by atoms with Crippen molar-refractivity contribution in [2.75, 3.05) is 36.4 Å². The Morgan fingerprint density at radius 2 is 2.03 bits per heavy atom.